The van der Waals surface area contributed by atoms with Crippen molar-refractivity contribution in [3.63, 3.8) is 0 Å². The second-order valence-corrected chi connectivity index (χ2v) is 7.38. The minimum absolute atomic E-state index is 0.212. The van der Waals surface area contributed by atoms with Crippen molar-refractivity contribution in [2.45, 2.75) is 46.5 Å². The minimum atomic E-state index is 0.212. The quantitative estimate of drug-likeness (QED) is 0.606. The lowest BCUT2D eigenvalue weighted by molar-refractivity contribution is 0.590. The van der Waals surface area contributed by atoms with Gasteiger partial charge in [-0.2, -0.15) is 0 Å². The highest BCUT2D eigenvalue weighted by molar-refractivity contribution is 5.81. The Bertz CT molecular complexity index is 707. The molecule has 0 radical (unpaired) electrons. The van der Waals surface area contributed by atoms with Gasteiger partial charge in [0.1, 0.15) is 0 Å². The molecule has 0 unspecified atom stereocenters. The van der Waals surface area contributed by atoms with Crippen molar-refractivity contribution in [1.82, 2.24) is 0 Å². The number of rotatable bonds is 1. The first kappa shape index (κ1) is 14.1. The van der Waals surface area contributed by atoms with Crippen molar-refractivity contribution in [2.24, 2.45) is 0 Å². The second kappa shape index (κ2) is 4.87. The zero-order valence-electron chi connectivity index (χ0n) is 13.7. The molecule has 3 rings (SSSR count). The first-order valence-corrected chi connectivity index (χ1v) is 7.76. The third-order valence-corrected chi connectivity index (χ3v) is 4.33. The van der Waals surface area contributed by atoms with Crippen molar-refractivity contribution >= 4 is 6.08 Å². The first-order chi connectivity index (χ1) is 9.84. The summed E-state index contributed by atoms with van der Waals surface area (Å²) in [5, 5.41) is 0. The molecule has 0 spiro atoms. The molecule has 21 heavy (non-hydrogen) atoms. The maximum atomic E-state index is 2.35. The average Bonchev–Trinajstić information content (AvgIpc) is 2.77. The highest BCUT2D eigenvalue weighted by Gasteiger charge is 2.17. The molecule has 0 aliphatic heterocycles. The molecule has 2 aromatic carbocycles. The highest BCUT2D eigenvalue weighted by Crippen LogP contribution is 2.35. The summed E-state index contributed by atoms with van der Waals surface area (Å²) in [6, 6.07) is 13.7. The Labute approximate surface area is 128 Å². The molecule has 0 aromatic heterocycles. The van der Waals surface area contributed by atoms with Crippen molar-refractivity contribution in [1.29, 1.82) is 0 Å². The van der Waals surface area contributed by atoms with E-state index in [0.29, 0.717) is 0 Å². The van der Waals surface area contributed by atoms with Crippen LogP contribution in [0.2, 0.25) is 0 Å². The van der Waals surface area contributed by atoms with Crippen LogP contribution in [-0.4, -0.2) is 0 Å². The number of hydrogen-bond donors (Lipinski definition) is 0. The van der Waals surface area contributed by atoms with Gasteiger partial charge in [0.2, 0.25) is 0 Å². The molecule has 0 saturated heterocycles. The SMILES string of the molecule is CC1=Cc2c(cc(C)cc2-c2ccc(C(C)(C)C)cc2)C1. The van der Waals surface area contributed by atoms with Crippen LogP contribution in [0.1, 0.15) is 49.9 Å². The monoisotopic (exact) mass is 276 g/mol. The molecular formula is C21H24. The van der Waals surface area contributed by atoms with E-state index in [1.54, 1.807) is 0 Å². The number of aryl methyl sites for hydroxylation is 1. The fraction of sp³-hybridized carbons (Fsp3) is 0.333. The van der Waals surface area contributed by atoms with Crippen LogP contribution in [0.25, 0.3) is 17.2 Å². The van der Waals surface area contributed by atoms with E-state index in [2.05, 4.69) is 77.1 Å². The molecule has 0 atom stereocenters. The van der Waals surface area contributed by atoms with Crippen molar-refractivity contribution in [2.75, 3.05) is 0 Å². The van der Waals surface area contributed by atoms with Crippen LogP contribution >= 0.6 is 0 Å². The Morgan fingerprint density at radius 2 is 1.57 bits per heavy atom. The summed E-state index contributed by atoms with van der Waals surface area (Å²) >= 11 is 0. The highest BCUT2D eigenvalue weighted by atomic mass is 14.2. The average molecular weight is 276 g/mol. The van der Waals surface area contributed by atoms with Gasteiger partial charge in [-0.1, -0.05) is 74.4 Å². The van der Waals surface area contributed by atoms with Gasteiger partial charge in [0.05, 0.1) is 0 Å². The molecular weight excluding hydrogens is 252 g/mol. The minimum Gasteiger partial charge on any atom is -0.0683 e. The van der Waals surface area contributed by atoms with Crippen LogP contribution in [0.15, 0.2) is 42.0 Å². The smallest absolute Gasteiger partial charge is 0.00603 e. The van der Waals surface area contributed by atoms with E-state index in [0.717, 1.165) is 6.42 Å². The molecule has 0 heterocycles. The fourth-order valence-corrected chi connectivity index (χ4v) is 3.18. The topological polar surface area (TPSA) is 0 Å². The van der Waals surface area contributed by atoms with Gasteiger partial charge in [-0.05, 0) is 53.5 Å². The lowest BCUT2D eigenvalue weighted by Crippen LogP contribution is -2.10. The molecule has 108 valence electrons. The third kappa shape index (κ3) is 2.68. The van der Waals surface area contributed by atoms with Gasteiger partial charge < -0.3 is 0 Å². The van der Waals surface area contributed by atoms with Crippen LogP contribution in [0.5, 0.6) is 0 Å². The number of benzene rings is 2. The summed E-state index contributed by atoms with van der Waals surface area (Å²) < 4.78 is 0. The van der Waals surface area contributed by atoms with Gasteiger partial charge >= 0.3 is 0 Å². The van der Waals surface area contributed by atoms with E-state index >= 15 is 0 Å². The molecule has 1 aliphatic rings. The summed E-state index contributed by atoms with van der Waals surface area (Å²) in [5.41, 5.74) is 10.0. The van der Waals surface area contributed by atoms with E-state index in [-0.39, 0.29) is 5.41 Å². The number of hydrogen-bond acceptors (Lipinski definition) is 0. The van der Waals surface area contributed by atoms with E-state index < -0.39 is 0 Å². The number of fused-ring (bicyclic) bond motifs is 1. The molecule has 0 N–H and O–H groups in total. The lowest BCUT2D eigenvalue weighted by Gasteiger charge is -2.19. The predicted octanol–water partition coefficient (Wildman–Crippen LogP) is 5.92. The largest absolute Gasteiger partial charge is 0.0683 e. The van der Waals surface area contributed by atoms with Crippen molar-refractivity contribution < 1.29 is 0 Å². The molecule has 0 bridgehead atoms. The zero-order chi connectivity index (χ0) is 15.2. The summed E-state index contributed by atoms with van der Waals surface area (Å²) in [6.07, 6.45) is 3.45. The molecule has 0 nitrogen and oxygen atoms in total. The van der Waals surface area contributed by atoms with Crippen LogP contribution < -0.4 is 0 Å². The van der Waals surface area contributed by atoms with Crippen LogP contribution in [-0.2, 0) is 11.8 Å². The maximum Gasteiger partial charge on any atom is -0.00603 e. The van der Waals surface area contributed by atoms with Gasteiger partial charge in [-0.3, -0.25) is 0 Å². The lowest BCUT2D eigenvalue weighted by atomic mass is 9.85. The molecule has 0 fully saturated rings. The van der Waals surface area contributed by atoms with Crippen molar-refractivity contribution in [3.8, 4) is 11.1 Å². The summed E-state index contributed by atoms with van der Waals surface area (Å²) in [5.74, 6) is 0. The Morgan fingerprint density at radius 1 is 0.905 bits per heavy atom. The number of allylic oxidation sites excluding steroid dienone is 1. The molecule has 2 aromatic rings. The fourth-order valence-electron chi connectivity index (χ4n) is 3.18. The van der Waals surface area contributed by atoms with E-state index in [4.69, 9.17) is 0 Å². The zero-order valence-corrected chi connectivity index (χ0v) is 13.7. The Kier molecular flexibility index (Phi) is 3.28. The van der Waals surface area contributed by atoms with Crippen molar-refractivity contribution in [3.05, 3.63) is 64.2 Å². The predicted molar refractivity (Wildman–Crippen MR) is 92.7 cm³/mol. The van der Waals surface area contributed by atoms with E-state index in [1.165, 1.54) is 39.0 Å². The van der Waals surface area contributed by atoms with Crippen LogP contribution in [0.3, 0.4) is 0 Å². The van der Waals surface area contributed by atoms with Crippen LogP contribution in [0.4, 0.5) is 0 Å². The van der Waals surface area contributed by atoms with Gasteiger partial charge in [-0.25, -0.2) is 0 Å². The molecule has 0 heteroatoms. The maximum absolute atomic E-state index is 2.35. The van der Waals surface area contributed by atoms with Gasteiger partial charge in [0.25, 0.3) is 0 Å². The van der Waals surface area contributed by atoms with Crippen LogP contribution in [0, 0.1) is 6.92 Å². The van der Waals surface area contributed by atoms with Gasteiger partial charge in [0.15, 0.2) is 0 Å². The summed E-state index contributed by atoms with van der Waals surface area (Å²) in [4.78, 5) is 0. The Balaban J connectivity index is 2.10. The van der Waals surface area contributed by atoms with Gasteiger partial charge in [0, 0.05) is 0 Å². The molecule has 0 amide bonds. The van der Waals surface area contributed by atoms with E-state index in [1.807, 2.05) is 0 Å². The Morgan fingerprint density at radius 3 is 2.19 bits per heavy atom. The Hall–Kier alpha value is -1.82. The normalized spacial score (nSPS) is 14.0. The van der Waals surface area contributed by atoms with Gasteiger partial charge in [-0.15, -0.1) is 0 Å². The molecule has 1 aliphatic carbocycles. The van der Waals surface area contributed by atoms with E-state index in [9.17, 15) is 0 Å². The first-order valence-electron chi connectivity index (χ1n) is 7.76. The standard InChI is InChI=1S/C21H24/c1-14-10-17-11-15(2)13-20(17)19(12-14)16-6-8-18(9-7-16)21(3,4)5/h6-10,12-13H,11H2,1-5H3. The summed E-state index contributed by atoms with van der Waals surface area (Å²) in [7, 11) is 0. The molecule has 0 saturated carbocycles. The third-order valence-electron chi connectivity index (χ3n) is 4.33. The summed E-state index contributed by atoms with van der Waals surface area (Å²) in [6.45, 7) is 11.2. The second-order valence-electron chi connectivity index (χ2n) is 7.38.